The molecule has 0 aliphatic heterocycles. The lowest BCUT2D eigenvalue weighted by atomic mass is 10.00. The van der Waals surface area contributed by atoms with Crippen LogP contribution in [0.3, 0.4) is 0 Å². The van der Waals surface area contributed by atoms with Crippen molar-refractivity contribution in [2.45, 2.75) is 39.3 Å². The summed E-state index contributed by atoms with van der Waals surface area (Å²) in [6.07, 6.45) is 0. The Hall–Kier alpha value is -1.62. The zero-order chi connectivity index (χ0) is 13.2. The van der Waals surface area contributed by atoms with Gasteiger partial charge in [0.1, 0.15) is 0 Å². The van der Waals surface area contributed by atoms with Crippen LogP contribution >= 0.6 is 0 Å². The molecule has 0 radical (unpaired) electrons. The highest BCUT2D eigenvalue weighted by Crippen LogP contribution is 2.23. The number of nitro benzene ring substituents is 1. The molecule has 0 aliphatic rings. The van der Waals surface area contributed by atoms with Gasteiger partial charge in [0.2, 0.25) is 0 Å². The third-order valence-electron chi connectivity index (χ3n) is 2.85. The molecule has 17 heavy (non-hydrogen) atoms. The third-order valence-corrected chi connectivity index (χ3v) is 2.85. The standard InChI is InChI=1S/C12H18N2O3/c1-8-7-10(14(16)17)5-6-11(8)13-9(2)12(3,4)15/h5-7,9,13,15H,1-4H3. The van der Waals surface area contributed by atoms with E-state index in [4.69, 9.17) is 0 Å². The van der Waals surface area contributed by atoms with Crippen LogP contribution in [0.2, 0.25) is 0 Å². The van der Waals surface area contributed by atoms with Crippen LogP contribution < -0.4 is 5.32 Å². The average Bonchev–Trinajstić information content (AvgIpc) is 2.19. The van der Waals surface area contributed by atoms with E-state index in [1.807, 2.05) is 6.92 Å². The minimum Gasteiger partial charge on any atom is -0.388 e. The molecular formula is C12H18N2O3. The van der Waals surface area contributed by atoms with Crippen molar-refractivity contribution in [2.24, 2.45) is 0 Å². The second-order valence-corrected chi connectivity index (χ2v) is 4.78. The molecule has 5 heteroatoms. The van der Waals surface area contributed by atoms with E-state index in [9.17, 15) is 15.2 Å². The Balaban J connectivity index is 2.90. The molecular weight excluding hydrogens is 220 g/mol. The Morgan fingerprint density at radius 1 is 1.47 bits per heavy atom. The highest BCUT2D eigenvalue weighted by Gasteiger charge is 2.22. The van der Waals surface area contributed by atoms with Crippen LogP contribution in [0.1, 0.15) is 26.3 Å². The summed E-state index contributed by atoms with van der Waals surface area (Å²) in [5.41, 5.74) is 0.804. The zero-order valence-electron chi connectivity index (χ0n) is 10.5. The zero-order valence-corrected chi connectivity index (χ0v) is 10.5. The predicted molar refractivity (Wildman–Crippen MR) is 67.2 cm³/mol. The topological polar surface area (TPSA) is 75.4 Å². The van der Waals surface area contributed by atoms with Gasteiger partial charge in [0.25, 0.3) is 5.69 Å². The van der Waals surface area contributed by atoms with Crippen LogP contribution in [-0.4, -0.2) is 21.7 Å². The van der Waals surface area contributed by atoms with E-state index in [0.29, 0.717) is 0 Å². The summed E-state index contributed by atoms with van der Waals surface area (Å²) in [7, 11) is 0. The lowest BCUT2D eigenvalue weighted by Gasteiger charge is -2.28. The molecule has 94 valence electrons. The molecule has 0 saturated carbocycles. The number of rotatable bonds is 4. The summed E-state index contributed by atoms with van der Waals surface area (Å²) in [5, 5.41) is 23.5. The molecule has 2 N–H and O–H groups in total. The van der Waals surface area contributed by atoms with Gasteiger partial charge in [0.05, 0.1) is 16.6 Å². The van der Waals surface area contributed by atoms with Crippen molar-refractivity contribution in [2.75, 3.05) is 5.32 Å². The maximum atomic E-state index is 10.6. The Bertz CT molecular complexity index is 424. The number of aliphatic hydroxyl groups is 1. The van der Waals surface area contributed by atoms with Gasteiger partial charge >= 0.3 is 0 Å². The first kappa shape index (κ1) is 13.4. The van der Waals surface area contributed by atoms with E-state index in [2.05, 4.69) is 5.32 Å². The molecule has 1 atom stereocenters. The van der Waals surface area contributed by atoms with Gasteiger partial charge in [-0.05, 0) is 39.3 Å². The largest absolute Gasteiger partial charge is 0.388 e. The first-order valence-corrected chi connectivity index (χ1v) is 5.46. The number of non-ortho nitro benzene ring substituents is 1. The first-order chi connectivity index (χ1) is 7.71. The fourth-order valence-corrected chi connectivity index (χ4v) is 1.33. The van der Waals surface area contributed by atoms with Gasteiger partial charge in [-0.15, -0.1) is 0 Å². The quantitative estimate of drug-likeness (QED) is 0.624. The van der Waals surface area contributed by atoms with Crippen LogP contribution in [0.4, 0.5) is 11.4 Å². The monoisotopic (exact) mass is 238 g/mol. The average molecular weight is 238 g/mol. The summed E-state index contributed by atoms with van der Waals surface area (Å²) in [4.78, 5) is 10.2. The maximum absolute atomic E-state index is 10.6. The van der Waals surface area contributed by atoms with Crippen molar-refractivity contribution in [3.05, 3.63) is 33.9 Å². The molecule has 0 saturated heterocycles. The Morgan fingerprint density at radius 3 is 2.47 bits per heavy atom. The molecule has 0 aliphatic carbocycles. The van der Waals surface area contributed by atoms with Crippen molar-refractivity contribution in [1.29, 1.82) is 0 Å². The van der Waals surface area contributed by atoms with Gasteiger partial charge in [0.15, 0.2) is 0 Å². The van der Waals surface area contributed by atoms with Gasteiger partial charge in [-0.1, -0.05) is 0 Å². The van der Waals surface area contributed by atoms with Gasteiger partial charge in [-0.3, -0.25) is 10.1 Å². The number of anilines is 1. The number of hydrogen-bond donors (Lipinski definition) is 2. The van der Waals surface area contributed by atoms with E-state index >= 15 is 0 Å². The van der Waals surface area contributed by atoms with Crippen LogP contribution in [0, 0.1) is 17.0 Å². The molecule has 1 aromatic rings. The first-order valence-electron chi connectivity index (χ1n) is 5.46. The lowest BCUT2D eigenvalue weighted by molar-refractivity contribution is -0.384. The lowest BCUT2D eigenvalue weighted by Crippen LogP contribution is -2.39. The molecule has 0 amide bonds. The van der Waals surface area contributed by atoms with Gasteiger partial charge in [-0.25, -0.2) is 0 Å². The number of nitrogens with one attached hydrogen (secondary N) is 1. The number of nitrogens with zero attached hydrogens (tertiary/aromatic N) is 1. The molecule has 1 unspecified atom stereocenters. The van der Waals surface area contributed by atoms with E-state index in [1.165, 1.54) is 12.1 Å². The predicted octanol–water partition coefficient (Wildman–Crippen LogP) is 2.47. The van der Waals surface area contributed by atoms with Crippen LogP contribution in [0.25, 0.3) is 0 Å². The smallest absolute Gasteiger partial charge is 0.269 e. The summed E-state index contributed by atoms with van der Waals surface area (Å²) in [6, 6.07) is 4.48. The SMILES string of the molecule is Cc1cc([N+](=O)[O-])ccc1NC(C)C(C)(C)O. The minimum absolute atomic E-state index is 0.0731. The van der Waals surface area contributed by atoms with Crippen molar-refractivity contribution >= 4 is 11.4 Å². The van der Waals surface area contributed by atoms with E-state index < -0.39 is 10.5 Å². The summed E-state index contributed by atoms with van der Waals surface area (Å²) in [5.74, 6) is 0. The van der Waals surface area contributed by atoms with E-state index in [0.717, 1.165) is 11.3 Å². The highest BCUT2D eigenvalue weighted by molar-refractivity contribution is 5.56. The van der Waals surface area contributed by atoms with Crippen molar-refractivity contribution < 1.29 is 10.0 Å². The molecule has 0 heterocycles. The molecule has 0 fully saturated rings. The van der Waals surface area contributed by atoms with Crippen LogP contribution in [0.5, 0.6) is 0 Å². The number of aryl methyl sites for hydroxylation is 1. The van der Waals surface area contributed by atoms with Gasteiger partial charge in [-0.2, -0.15) is 0 Å². The second-order valence-electron chi connectivity index (χ2n) is 4.78. The number of hydrogen-bond acceptors (Lipinski definition) is 4. The fourth-order valence-electron chi connectivity index (χ4n) is 1.33. The molecule has 5 nitrogen and oxygen atoms in total. The molecule has 1 rings (SSSR count). The van der Waals surface area contributed by atoms with Gasteiger partial charge in [0, 0.05) is 17.8 Å². The fraction of sp³-hybridized carbons (Fsp3) is 0.500. The summed E-state index contributed by atoms with van der Waals surface area (Å²) < 4.78 is 0. The van der Waals surface area contributed by atoms with E-state index in [1.54, 1.807) is 26.8 Å². The van der Waals surface area contributed by atoms with Crippen LogP contribution in [-0.2, 0) is 0 Å². The Morgan fingerprint density at radius 2 is 2.06 bits per heavy atom. The van der Waals surface area contributed by atoms with E-state index in [-0.39, 0.29) is 11.7 Å². The molecule has 0 spiro atoms. The third kappa shape index (κ3) is 3.42. The highest BCUT2D eigenvalue weighted by atomic mass is 16.6. The normalized spacial score (nSPS) is 13.2. The van der Waals surface area contributed by atoms with Crippen molar-refractivity contribution in [1.82, 2.24) is 0 Å². The van der Waals surface area contributed by atoms with Crippen molar-refractivity contribution in [3.8, 4) is 0 Å². The molecule has 1 aromatic carbocycles. The minimum atomic E-state index is -0.853. The number of nitro groups is 1. The number of benzene rings is 1. The van der Waals surface area contributed by atoms with Crippen LogP contribution in [0.15, 0.2) is 18.2 Å². The second kappa shape index (κ2) is 4.71. The Kier molecular flexibility index (Phi) is 3.72. The molecule has 0 bridgehead atoms. The molecule has 0 aromatic heterocycles. The summed E-state index contributed by atoms with van der Waals surface area (Å²) >= 11 is 0. The van der Waals surface area contributed by atoms with Crippen molar-refractivity contribution in [3.63, 3.8) is 0 Å². The summed E-state index contributed by atoms with van der Waals surface area (Å²) in [6.45, 7) is 7.09. The maximum Gasteiger partial charge on any atom is 0.269 e. The Labute approximate surface area is 101 Å². The van der Waals surface area contributed by atoms with Gasteiger partial charge < -0.3 is 10.4 Å².